The molecule has 6 nitrogen and oxygen atoms in total. The molecule has 142 valence electrons. The molecular weight excluding hydrogens is 326 g/mol. The van der Waals surface area contributed by atoms with Crippen LogP contribution in [0.2, 0.25) is 0 Å². The van der Waals surface area contributed by atoms with Crippen molar-refractivity contribution in [2.24, 2.45) is 0 Å². The molecule has 6 heteroatoms. The lowest BCUT2D eigenvalue weighted by atomic mass is 9.93. The molecule has 3 rings (SSSR count). The Kier molecular flexibility index (Phi) is 6.14. The molecule has 1 unspecified atom stereocenters. The molecule has 1 saturated heterocycles. The monoisotopic (exact) mass is 357 g/mol. The summed E-state index contributed by atoms with van der Waals surface area (Å²) in [4.78, 5) is 18.5. The molecule has 0 radical (unpaired) electrons. The average Bonchev–Trinajstić information content (AvgIpc) is 3.27. The first-order chi connectivity index (χ1) is 12.6. The zero-order chi connectivity index (χ0) is 18.5. The summed E-state index contributed by atoms with van der Waals surface area (Å²) in [6, 6.07) is 4.03. The van der Waals surface area contributed by atoms with Gasteiger partial charge >= 0.3 is 0 Å². The summed E-state index contributed by atoms with van der Waals surface area (Å²) < 4.78 is 2.04. The quantitative estimate of drug-likeness (QED) is 0.800. The lowest BCUT2D eigenvalue weighted by Gasteiger charge is -2.25. The number of aryl methyl sites for hydroxylation is 2. The van der Waals surface area contributed by atoms with Crippen molar-refractivity contribution in [3.05, 3.63) is 41.0 Å². The molecular formula is C20H31N5O. The number of hydrogen-bond donors (Lipinski definition) is 2. The molecule has 1 amide bonds. The molecule has 0 aliphatic carbocycles. The number of aromatic nitrogens is 3. The largest absolute Gasteiger partial charge is 0.364 e. The lowest BCUT2D eigenvalue weighted by molar-refractivity contribution is 0.0746. The van der Waals surface area contributed by atoms with Gasteiger partial charge < -0.3 is 15.2 Å². The molecule has 0 spiro atoms. The minimum Gasteiger partial charge on any atom is -0.364 e. The van der Waals surface area contributed by atoms with E-state index in [9.17, 15) is 4.79 Å². The molecule has 26 heavy (non-hydrogen) atoms. The number of carbonyl (C=O) groups excluding carboxylic acids is 1. The number of hydrogen-bond acceptors (Lipinski definition) is 3. The number of H-pyrrole nitrogens is 1. The summed E-state index contributed by atoms with van der Waals surface area (Å²) in [6.45, 7) is 10.4. The maximum atomic E-state index is 13.2. The van der Waals surface area contributed by atoms with E-state index in [-0.39, 0.29) is 5.91 Å². The molecule has 2 N–H and O–H groups in total. The van der Waals surface area contributed by atoms with Crippen LogP contribution in [-0.2, 0) is 13.1 Å². The molecule has 1 aliphatic heterocycles. The Bertz CT molecular complexity index is 726. The second-order valence-corrected chi connectivity index (χ2v) is 7.17. The number of rotatable bonds is 7. The Balaban J connectivity index is 1.79. The van der Waals surface area contributed by atoms with Gasteiger partial charge in [0.25, 0.3) is 5.91 Å². The van der Waals surface area contributed by atoms with Gasteiger partial charge in [0.05, 0.1) is 23.5 Å². The zero-order valence-corrected chi connectivity index (χ0v) is 16.2. The third-order valence-electron chi connectivity index (χ3n) is 5.16. The highest BCUT2D eigenvalue weighted by molar-refractivity contribution is 5.95. The summed E-state index contributed by atoms with van der Waals surface area (Å²) in [5, 5.41) is 8.01. The second-order valence-electron chi connectivity index (χ2n) is 7.17. The van der Waals surface area contributed by atoms with Gasteiger partial charge in [-0.3, -0.25) is 9.48 Å². The van der Waals surface area contributed by atoms with Gasteiger partial charge in [-0.05, 0) is 51.8 Å². The standard InChI is InChI=1S/C20H31N5O/c1-4-11-25-17(12-15(3)23-25)14-24(5-2)20(26)18-8-10-22-19(18)16-7-6-9-21-13-16/h8,10,12,16,21-22H,4-7,9,11,13-14H2,1-3H3. The van der Waals surface area contributed by atoms with E-state index >= 15 is 0 Å². The highest BCUT2D eigenvalue weighted by atomic mass is 16.2. The second kappa shape index (κ2) is 8.54. The van der Waals surface area contributed by atoms with Crippen molar-refractivity contribution in [1.82, 2.24) is 25.0 Å². The third-order valence-corrected chi connectivity index (χ3v) is 5.16. The van der Waals surface area contributed by atoms with E-state index in [0.29, 0.717) is 19.0 Å². The van der Waals surface area contributed by atoms with Gasteiger partial charge in [0.2, 0.25) is 0 Å². The molecule has 0 aromatic carbocycles. The van der Waals surface area contributed by atoms with Crippen LogP contribution in [0.15, 0.2) is 18.3 Å². The molecule has 1 aliphatic rings. The molecule has 1 fully saturated rings. The van der Waals surface area contributed by atoms with Crippen LogP contribution in [0, 0.1) is 6.92 Å². The Labute approximate surface area is 156 Å². The van der Waals surface area contributed by atoms with E-state index in [1.807, 2.05) is 35.7 Å². The number of aromatic amines is 1. The molecule has 1 atom stereocenters. The van der Waals surface area contributed by atoms with Crippen LogP contribution >= 0.6 is 0 Å². The zero-order valence-electron chi connectivity index (χ0n) is 16.2. The first-order valence-corrected chi connectivity index (χ1v) is 9.84. The first-order valence-electron chi connectivity index (χ1n) is 9.84. The number of carbonyl (C=O) groups is 1. The molecule has 2 aromatic heterocycles. The number of amides is 1. The highest BCUT2D eigenvalue weighted by Gasteiger charge is 2.25. The molecule has 2 aromatic rings. The van der Waals surface area contributed by atoms with Crippen LogP contribution in [0.4, 0.5) is 0 Å². The van der Waals surface area contributed by atoms with Crippen LogP contribution in [-0.4, -0.2) is 45.2 Å². The van der Waals surface area contributed by atoms with Gasteiger partial charge in [-0.15, -0.1) is 0 Å². The van der Waals surface area contributed by atoms with Gasteiger partial charge in [0.1, 0.15) is 0 Å². The minimum atomic E-state index is 0.108. The highest BCUT2D eigenvalue weighted by Crippen LogP contribution is 2.26. The third kappa shape index (κ3) is 4.01. The van der Waals surface area contributed by atoms with Gasteiger partial charge in [-0.25, -0.2) is 0 Å². The average molecular weight is 358 g/mol. The van der Waals surface area contributed by atoms with Crippen molar-refractivity contribution < 1.29 is 4.79 Å². The predicted molar refractivity (Wildman–Crippen MR) is 103 cm³/mol. The van der Waals surface area contributed by atoms with Crippen molar-refractivity contribution >= 4 is 5.91 Å². The van der Waals surface area contributed by atoms with Gasteiger partial charge in [0.15, 0.2) is 0 Å². The fourth-order valence-electron chi connectivity index (χ4n) is 3.83. The van der Waals surface area contributed by atoms with Crippen LogP contribution in [0.25, 0.3) is 0 Å². The topological polar surface area (TPSA) is 66.0 Å². The minimum absolute atomic E-state index is 0.108. The van der Waals surface area contributed by atoms with Crippen molar-refractivity contribution in [2.75, 3.05) is 19.6 Å². The first kappa shape index (κ1) is 18.7. The van der Waals surface area contributed by atoms with E-state index in [0.717, 1.165) is 61.5 Å². The van der Waals surface area contributed by atoms with E-state index < -0.39 is 0 Å². The number of nitrogens with one attached hydrogen (secondary N) is 2. The molecule has 0 bridgehead atoms. The van der Waals surface area contributed by atoms with E-state index in [1.165, 1.54) is 0 Å². The smallest absolute Gasteiger partial charge is 0.256 e. The molecule has 3 heterocycles. The maximum Gasteiger partial charge on any atom is 0.256 e. The van der Waals surface area contributed by atoms with Crippen LogP contribution < -0.4 is 5.32 Å². The van der Waals surface area contributed by atoms with Gasteiger partial charge in [-0.1, -0.05) is 6.92 Å². The Hall–Kier alpha value is -2.08. The summed E-state index contributed by atoms with van der Waals surface area (Å²) in [5.74, 6) is 0.500. The normalized spacial score (nSPS) is 17.4. The van der Waals surface area contributed by atoms with E-state index in [2.05, 4.69) is 28.4 Å². The maximum absolute atomic E-state index is 13.2. The summed E-state index contributed by atoms with van der Waals surface area (Å²) in [6.07, 6.45) is 5.22. The molecule has 0 saturated carbocycles. The lowest BCUT2D eigenvalue weighted by Crippen LogP contribution is -2.33. The predicted octanol–water partition coefficient (Wildman–Crippen LogP) is 3.06. The summed E-state index contributed by atoms with van der Waals surface area (Å²) >= 11 is 0. The van der Waals surface area contributed by atoms with Gasteiger partial charge in [-0.2, -0.15) is 5.10 Å². The Morgan fingerprint density at radius 1 is 1.42 bits per heavy atom. The fourth-order valence-corrected chi connectivity index (χ4v) is 3.83. The summed E-state index contributed by atoms with van der Waals surface area (Å²) in [5.41, 5.74) is 4.02. The Morgan fingerprint density at radius 2 is 2.27 bits per heavy atom. The van der Waals surface area contributed by atoms with Crippen molar-refractivity contribution in [2.45, 2.75) is 59.0 Å². The van der Waals surface area contributed by atoms with E-state index in [1.54, 1.807) is 0 Å². The van der Waals surface area contributed by atoms with Crippen molar-refractivity contribution in [1.29, 1.82) is 0 Å². The number of piperidine rings is 1. The van der Waals surface area contributed by atoms with Gasteiger partial charge in [0, 0.05) is 37.4 Å². The van der Waals surface area contributed by atoms with Crippen molar-refractivity contribution in [3.8, 4) is 0 Å². The SMILES string of the molecule is CCCn1nc(C)cc1CN(CC)C(=O)c1cc[nH]c1C1CCCNC1. The summed E-state index contributed by atoms with van der Waals surface area (Å²) in [7, 11) is 0. The van der Waals surface area contributed by atoms with Crippen LogP contribution in [0.5, 0.6) is 0 Å². The van der Waals surface area contributed by atoms with Crippen molar-refractivity contribution in [3.63, 3.8) is 0 Å². The van der Waals surface area contributed by atoms with E-state index in [4.69, 9.17) is 0 Å². The fraction of sp³-hybridized carbons (Fsp3) is 0.600. The van der Waals surface area contributed by atoms with Crippen LogP contribution in [0.1, 0.15) is 66.5 Å². The van der Waals surface area contributed by atoms with Crippen LogP contribution in [0.3, 0.4) is 0 Å². The Morgan fingerprint density at radius 3 is 2.96 bits per heavy atom. The number of nitrogens with zero attached hydrogens (tertiary/aromatic N) is 3.